The maximum absolute atomic E-state index is 12.9. The smallest absolute Gasteiger partial charge is 0.414 e. The number of anilines is 1. The van der Waals surface area contributed by atoms with Gasteiger partial charge in [0.25, 0.3) is 0 Å². The minimum atomic E-state index is -0.635. The van der Waals surface area contributed by atoms with E-state index < -0.39 is 23.5 Å². The van der Waals surface area contributed by atoms with E-state index in [2.05, 4.69) is 15.3 Å². The lowest BCUT2D eigenvalue weighted by Crippen LogP contribution is -2.27. The Hall–Kier alpha value is -3.42. The van der Waals surface area contributed by atoms with Crippen molar-refractivity contribution in [3.8, 4) is 5.75 Å². The van der Waals surface area contributed by atoms with E-state index in [0.29, 0.717) is 11.0 Å². The van der Waals surface area contributed by atoms with Gasteiger partial charge in [0.05, 0.1) is 16.6 Å². The fourth-order valence-electron chi connectivity index (χ4n) is 2.26. The second kappa shape index (κ2) is 7.06. The van der Waals surface area contributed by atoms with Gasteiger partial charge in [0, 0.05) is 6.07 Å². The first-order valence-electron chi connectivity index (χ1n) is 8.17. The molecule has 0 saturated heterocycles. The number of ether oxygens (including phenoxy) is 2. The molecular weight excluding hydrogens is 353 g/mol. The molecular formula is C19H18FN3O4. The molecule has 1 aromatic heterocycles. The third-order valence-corrected chi connectivity index (χ3v) is 3.36. The summed E-state index contributed by atoms with van der Waals surface area (Å²) in [5, 5.41) is 2.51. The number of esters is 1. The molecule has 0 fully saturated rings. The minimum Gasteiger partial charge on any atom is -0.444 e. The van der Waals surface area contributed by atoms with E-state index in [4.69, 9.17) is 9.47 Å². The van der Waals surface area contributed by atoms with Gasteiger partial charge in [-0.2, -0.15) is 0 Å². The Morgan fingerprint density at radius 3 is 2.48 bits per heavy atom. The maximum Gasteiger partial charge on any atom is 0.414 e. The molecule has 0 atom stereocenters. The Kier molecular flexibility index (Phi) is 4.81. The fourth-order valence-corrected chi connectivity index (χ4v) is 2.26. The SMILES string of the molecule is CC(C)(C)OC(=O)Nc1nc2ccc(OC(=O)c3ccc(F)cc3)cc2[nH]1. The number of rotatable bonds is 3. The summed E-state index contributed by atoms with van der Waals surface area (Å²) in [5.41, 5.74) is 0.735. The van der Waals surface area contributed by atoms with Gasteiger partial charge in [0.1, 0.15) is 17.2 Å². The molecule has 0 spiro atoms. The normalized spacial score (nSPS) is 11.3. The second-order valence-corrected chi connectivity index (χ2v) is 6.79. The standard InChI is InChI=1S/C19H18FN3O4/c1-19(2,3)27-18(25)23-17-21-14-9-8-13(10-15(14)22-17)26-16(24)11-4-6-12(20)7-5-11/h4-10H,1-3H3,(H2,21,22,23,25). The van der Waals surface area contributed by atoms with Crippen LogP contribution in [0.5, 0.6) is 5.75 Å². The molecule has 2 N–H and O–H groups in total. The Balaban J connectivity index is 1.72. The third-order valence-electron chi connectivity index (χ3n) is 3.36. The molecule has 0 bridgehead atoms. The van der Waals surface area contributed by atoms with Gasteiger partial charge in [-0.3, -0.25) is 5.32 Å². The van der Waals surface area contributed by atoms with Crippen LogP contribution in [0.1, 0.15) is 31.1 Å². The van der Waals surface area contributed by atoms with E-state index in [-0.39, 0.29) is 17.3 Å². The number of aromatic amines is 1. The average Bonchev–Trinajstić information content (AvgIpc) is 2.94. The molecule has 1 heterocycles. The van der Waals surface area contributed by atoms with Crippen LogP contribution >= 0.6 is 0 Å². The number of hydrogen-bond acceptors (Lipinski definition) is 5. The van der Waals surface area contributed by atoms with Crippen molar-refractivity contribution in [1.29, 1.82) is 0 Å². The van der Waals surface area contributed by atoms with Crippen LogP contribution in [0.25, 0.3) is 11.0 Å². The van der Waals surface area contributed by atoms with Crippen LogP contribution < -0.4 is 10.1 Å². The number of halogens is 1. The first-order valence-corrected chi connectivity index (χ1v) is 8.17. The van der Waals surface area contributed by atoms with E-state index in [9.17, 15) is 14.0 Å². The van der Waals surface area contributed by atoms with Crippen LogP contribution in [0, 0.1) is 5.82 Å². The zero-order chi connectivity index (χ0) is 19.6. The van der Waals surface area contributed by atoms with Crippen molar-refractivity contribution in [2.24, 2.45) is 0 Å². The molecule has 8 heteroatoms. The lowest BCUT2D eigenvalue weighted by Gasteiger charge is -2.18. The number of fused-ring (bicyclic) bond motifs is 1. The molecule has 0 saturated carbocycles. The number of amides is 1. The Labute approximate surface area is 154 Å². The van der Waals surface area contributed by atoms with Gasteiger partial charge in [-0.05, 0) is 57.2 Å². The lowest BCUT2D eigenvalue weighted by molar-refractivity contribution is 0.0634. The second-order valence-electron chi connectivity index (χ2n) is 6.79. The molecule has 27 heavy (non-hydrogen) atoms. The quantitative estimate of drug-likeness (QED) is 0.530. The predicted molar refractivity (Wildman–Crippen MR) is 97.3 cm³/mol. The molecule has 0 aliphatic carbocycles. The minimum absolute atomic E-state index is 0.210. The number of nitrogens with one attached hydrogen (secondary N) is 2. The molecule has 0 radical (unpaired) electrons. The monoisotopic (exact) mass is 371 g/mol. The van der Waals surface area contributed by atoms with Gasteiger partial charge in [-0.1, -0.05) is 0 Å². The highest BCUT2D eigenvalue weighted by atomic mass is 19.1. The first-order chi connectivity index (χ1) is 12.7. The molecule has 0 unspecified atom stereocenters. The number of aromatic nitrogens is 2. The number of benzene rings is 2. The van der Waals surface area contributed by atoms with Crippen LogP contribution in [-0.2, 0) is 4.74 Å². The summed E-state index contributed by atoms with van der Waals surface area (Å²) >= 11 is 0. The van der Waals surface area contributed by atoms with E-state index in [1.165, 1.54) is 24.3 Å². The van der Waals surface area contributed by atoms with Crippen molar-refractivity contribution in [3.63, 3.8) is 0 Å². The van der Waals surface area contributed by atoms with E-state index in [0.717, 1.165) is 0 Å². The van der Waals surface area contributed by atoms with Gasteiger partial charge in [-0.25, -0.2) is 19.0 Å². The summed E-state index contributed by atoms with van der Waals surface area (Å²) < 4.78 is 23.4. The fraction of sp³-hybridized carbons (Fsp3) is 0.211. The van der Waals surface area contributed by atoms with Crippen molar-refractivity contribution < 1.29 is 23.5 Å². The zero-order valence-electron chi connectivity index (χ0n) is 15.0. The van der Waals surface area contributed by atoms with Crippen molar-refractivity contribution in [3.05, 3.63) is 53.8 Å². The molecule has 3 aromatic rings. The number of carbonyl (C=O) groups is 2. The Morgan fingerprint density at radius 2 is 1.81 bits per heavy atom. The highest BCUT2D eigenvalue weighted by Gasteiger charge is 2.17. The van der Waals surface area contributed by atoms with Crippen LogP contribution in [0.4, 0.5) is 15.1 Å². The largest absolute Gasteiger partial charge is 0.444 e. The van der Waals surface area contributed by atoms with Crippen LogP contribution in [0.2, 0.25) is 0 Å². The molecule has 7 nitrogen and oxygen atoms in total. The number of hydrogen-bond donors (Lipinski definition) is 2. The first kappa shape index (κ1) is 18.4. The van der Waals surface area contributed by atoms with Crippen LogP contribution in [-0.4, -0.2) is 27.6 Å². The third kappa shape index (κ3) is 4.81. The topological polar surface area (TPSA) is 93.3 Å². The van der Waals surface area contributed by atoms with Crippen LogP contribution in [0.3, 0.4) is 0 Å². The molecule has 0 aliphatic rings. The Bertz CT molecular complexity index is 990. The van der Waals surface area contributed by atoms with Gasteiger partial charge in [-0.15, -0.1) is 0 Å². The molecule has 0 aliphatic heterocycles. The van der Waals surface area contributed by atoms with Gasteiger partial charge in [0.15, 0.2) is 0 Å². The number of imidazole rings is 1. The molecule has 140 valence electrons. The predicted octanol–water partition coefficient (Wildman–Crippen LogP) is 4.27. The number of carbonyl (C=O) groups excluding carboxylic acids is 2. The lowest BCUT2D eigenvalue weighted by atomic mass is 10.2. The van der Waals surface area contributed by atoms with Crippen molar-refractivity contribution >= 4 is 29.0 Å². The van der Waals surface area contributed by atoms with Gasteiger partial charge >= 0.3 is 12.1 Å². The Morgan fingerprint density at radius 1 is 1.11 bits per heavy atom. The van der Waals surface area contributed by atoms with Crippen molar-refractivity contribution in [1.82, 2.24) is 9.97 Å². The summed E-state index contributed by atoms with van der Waals surface area (Å²) in [5.74, 6) is -0.554. The maximum atomic E-state index is 12.9. The summed E-state index contributed by atoms with van der Waals surface area (Å²) in [7, 11) is 0. The van der Waals surface area contributed by atoms with Gasteiger partial charge in [0.2, 0.25) is 5.95 Å². The van der Waals surface area contributed by atoms with E-state index in [1.807, 2.05) is 0 Å². The summed E-state index contributed by atoms with van der Waals surface area (Å²) in [6.45, 7) is 5.27. The zero-order valence-corrected chi connectivity index (χ0v) is 15.0. The highest BCUT2D eigenvalue weighted by molar-refractivity contribution is 5.92. The summed E-state index contributed by atoms with van der Waals surface area (Å²) in [6.07, 6.45) is -0.635. The molecule has 1 amide bonds. The van der Waals surface area contributed by atoms with Gasteiger partial charge < -0.3 is 14.5 Å². The molecule has 2 aromatic carbocycles. The number of H-pyrrole nitrogens is 1. The van der Waals surface area contributed by atoms with E-state index in [1.54, 1.807) is 39.0 Å². The summed E-state index contributed by atoms with van der Waals surface area (Å²) in [4.78, 5) is 31.0. The highest BCUT2D eigenvalue weighted by Crippen LogP contribution is 2.22. The number of nitrogens with zero attached hydrogens (tertiary/aromatic N) is 1. The average molecular weight is 371 g/mol. The summed E-state index contributed by atoms with van der Waals surface area (Å²) in [6, 6.07) is 9.84. The van der Waals surface area contributed by atoms with E-state index >= 15 is 0 Å². The molecule has 3 rings (SSSR count). The van der Waals surface area contributed by atoms with Crippen molar-refractivity contribution in [2.75, 3.05) is 5.32 Å². The van der Waals surface area contributed by atoms with Crippen LogP contribution in [0.15, 0.2) is 42.5 Å². The van der Waals surface area contributed by atoms with Crippen molar-refractivity contribution in [2.45, 2.75) is 26.4 Å².